The van der Waals surface area contributed by atoms with E-state index in [1.807, 2.05) is 44.2 Å². The molecule has 1 fully saturated rings. The summed E-state index contributed by atoms with van der Waals surface area (Å²) in [6.07, 6.45) is 0. The van der Waals surface area contributed by atoms with Crippen LogP contribution in [0.15, 0.2) is 35.9 Å². The highest BCUT2D eigenvalue weighted by atomic mass is 16.5. The van der Waals surface area contributed by atoms with Crippen molar-refractivity contribution in [3.05, 3.63) is 64.0 Å². The molecule has 0 bridgehead atoms. The van der Waals surface area contributed by atoms with Gasteiger partial charge in [0.1, 0.15) is 11.5 Å². The van der Waals surface area contributed by atoms with Crippen molar-refractivity contribution < 1.29 is 24.2 Å². The topological polar surface area (TPSA) is 103 Å². The zero-order valence-corrected chi connectivity index (χ0v) is 19.8. The fourth-order valence-electron chi connectivity index (χ4n) is 4.43. The maximum atomic E-state index is 13.2. The molecule has 1 amide bonds. The van der Waals surface area contributed by atoms with Crippen LogP contribution in [-0.4, -0.2) is 70.8 Å². The van der Waals surface area contributed by atoms with Crippen LogP contribution in [0.25, 0.3) is 5.76 Å². The predicted molar refractivity (Wildman–Crippen MR) is 125 cm³/mol. The SMILES string of the molecule is CCN(CC)CCN1C(=O)C(=O)/C(=C(/O)c2c(C)[nH]c(C(=O)OC)c2C)[C@@H]1c1ccccc1. The minimum atomic E-state index is -0.736. The number of likely N-dealkylation sites (N-methyl/N-ethyl adjacent to an activating group) is 1. The van der Waals surface area contributed by atoms with Crippen molar-refractivity contribution in [2.75, 3.05) is 33.3 Å². The number of aromatic nitrogens is 1. The van der Waals surface area contributed by atoms with Crippen LogP contribution in [0, 0.1) is 13.8 Å². The Bertz CT molecular complexity index is 1080. The lowest BCUT2D eigenvalue weighted by atomic mass is 9.94. The van der Waals surface area contributed by atoms with Crippen LogP contribution in [0.3, 0.4) is 0 Å². The molecule has 0 saturated carbocycles. The number of amides is 1. The molecule has 0 unspecified atom stereocenters. The van der Waals surface area contributed by atoms with Crippen LogP contribution < -0.4 is 0 Å². The number of hydrogen-bond acceptors (Lipinski definition) is 6. The fourth-order valence-corrected chi connectivity index (χ4v) is 4.43. The van der Waals surface area contributed by atoms with Crippen molar-refractivity contribution in [2.45, 2.75) is 33.7 Å². The number of nitrogens with zero attached hydrogens (tertiary/aromatic N) is 2. The molecule has 0 aliphatic carbocycles. The molecule has 2 aromatic rings. The maximum absolute atomic E-state index is 13.2. The Labute approximate surface area is 193 Å². The Morgan fingerprint density at radius 3 is 2.36 bits per heavy atom. The van der Waals surface area contributed by atoms with E-state index >= 15 is 0 Å². The van der Waals surface area contributed by atoms with Gasteiger partial charge < -0.3 is 24.6 Å². The van der Waals surface area contributed by atoms with Crippen molar-refractivity contribution >= 4 is 23.4 Å². The van der Waals surface area contributed by atoms with Crippen molar-refractivity contribution in [2.24, 2.45) is 0 Å². The maximum Gasteiger partial charge on any atom is 0.354 e. The largest absolute Gasteiger partial charge is 0.507 e. The van der Waals surface area contributed by atoms with E-state index in [0.717, 1.165) is 18.7 Å². The first-order chi connectivity index (χ1) is 15.8. The summed E-state index contributed by atoms with van der Waals surface area (Å²) in [6, 6.07) is 8.48. The average Bonchev–Trinajstić information content (AvgIpc) is 3.26. The van der Waals surface area contributed by atoms with E-state index in [9.17, 15) is 19.5 Å². The van der Waals surface area contributed by atoms with E-state index in [-0.39, 0.29) is 17.0 Å². The number of aromatic amines is 1. The molecule has 1 saturated heterocycles. The smallest absolute Gasteiger partial charge is 0.354 e. The monoisotopic (exact) mass is 453 g/mol. The number of aliphatic hydroxyl groups excluding tert-OH is 1. The second-order valence-corrected chi connectivity index (χ2v) is 8.05. The second kappa shape index (κ2) is 10.0. The van der Waals surface area contributed by atoms with Crippen LogP contribution in [0.4, 0.5) is 0 Å². The van der Waals surface area contributed by atoms with Gasteiger partial charge in [0, 0.05) is 24.3 Å². The quantitative estimate of drug-likeness (QED) is 0.275. The standard InChI is InChI=1S/C25H31N3O5/c1-6-27(7-2)13-14-28-21(17-11-9-8-10-12-17)19(23(30)24(28)31)22(29)18-15(3)20(25(32)33-5)26-16(18)4/h8-12,21,26,29H,6-7,13-14H2,1-5H3/b22-19+/t21-/m0/s1. The van der Waals surface area contributed by atoms with Crippen molar-refractivity contribution in [1.82, 2.24) is 14.8 Å². The van der Waals surface area contributed by atoms with Gasteiger partial charge in [0.15, 0.2) is 0 Å². The molecule has 8 nitrogen and oxygen atoms in total. The molecule has 1 aromatic heterocycles. The molecule has 2 N–H and O–H groups in total. The Morgan fingerprint density at radius 1 is 1.15 bits per heavy atom. The molecule has 1 atom stereocenters. The lowest BCUT2D eigenvalue weighted by Gasteiger charge is -2.28. The number of nitrogens with one attached hydrogen (secondary N) is 1. The number of aliphatic hydroxyl groups is 1. The first-order valence-corrected chi connectivity index (χ1v) is 11.1. The van der Waals surface area contributed by atoms with Gasteiger partial charge >= 0.3 is 5.97 Å². The highest BCUT2D eigenvalue weighted by molar-refractivity contribution is 6.46. The molecule has 176 valence electrons. The summed E-state index contributed by atoms with van der Waals surface area (Å²) < 4.78 is 4.81. The zero-order chi connectivity index (χ0) is 24.3. The van der Waals surface area contributed by atoms with Crippen LogP contribution >= 0.6 is 0 Å². The number of carbonyl (C=O) groups is 3. The van der Waals surface area contributed by atoms with Crippen LogP contribution in [0.2, 0.25) is 0 Å². The Balaban J connectivity index is 2.16. The summed E-state index contributed by atoms with van der Waals surface area (Å²) >= 11 is 0. The van der Waals surface area contributed by atoms with Gasteiger partial charge in [-0.25, -0.2) is 4.79 Å². The summed E-state index contributed by atoms with van der Waals surface area (Å²) in [7, 11) is 1.27. The number of H-pyrrole nitrogens is 1. The summed E-state index contributed by atoms with van der Waals surface area (Å²) in [4.78, 5) is 45.0. The number of hydrogen-bond donors (Lipinski definition) is 2. The predicted octanol–water partition coefficient (Wildman–Crippen LogP) is 3.18. The fraction of sp³-hybridized carbons (Fsp3) is 0.400. The first kappa shape index (κ1) is 24.3. The highest BCUT2D eigenvalue weighted by Crippen LogP contribution is 2.40. The van der Waals surface area contributed by atoms with Gasteiger partial charge in [-0.15, -0.1) is 0 Å². The number of likely N-dealkylation sites (tertiary alicyclic amines) is 1. The van der Waals surface area contributed by atoms with Crippen molar-refractivity contribution in [3.63, 3.8) is 0 Å². The third kappa shape index (κ3) is 4.43. The van der Waals surface area contributed by atoms with Gasteiger partial charge in [0.25, 0.3) is 11.7 Å². The zero-order valence-electron chi connectivity index (χ0n) is 19.8. The molecule has 0 spiro atoms. The third-order valence-electron chi connectivity index (χ3n) is 6.27. The Hall–Kier alpha value is -3.39. The number of esters is 1. The molecule has 3 rings (SSSR count). The van der Waals surface area contributed by atoms with E-state index < -0.39 is 23.7 Å². The Morgan fingerprint density at radius 2 is 1.79 bits per heavy atom. The number of benzene rings is 1. The minimum Gasteiger partial charge on any atom is -0.507 e. The molecule has 8 heteroatoms. The molecular formula is C25H31N3O5. The van der Waals surface area contributed by atoms with Gasteiger partial charge in [0.2, 0.25) is 0 Å². The number of Topliss-reactive ketones (excluding diaryl/α,β-unsaturated/α-hetero) is 1. The number of ketones is 1. The van der Waals surface area contributed by atoms with Crippen LogP contribution in [0.1, 0.15) is 52.8 Å². The van der Waals surface area contributed by atoms with E-state index in [1.165, 1.54) is 12.0 Å². The van der Waals surface area contributed by atoms with Crippen molar-refractivity contribution in [3.8, 4) is 0 Å². The molecular weight excluding hydrogens is 422 g/mol. The summed E-state index contributed by atoms with van der Waals surface area (Å²) in [5.74, 6) is -2.25. The molecule has 33 heavy (non-hydrogen) atoms. The minimum absolute atomic E-state index is 0.0207. The average molecular weight is 454 g/mol. The highest BCUT2D eigenvalue weighted by Gasteiger charge is 2.46. The van der Waals surface area contributed by atoms with E-state index in [2.05, 4.69) is 9.88 Å². The number of methoxy groups -OCH3 is 1. The normalized spacial score (nSPS) is 17.8. The molecule has 1 aliphatic rings. The number of carbonyl (C=O) groups excluding carboxylic acids is 3. The van der Waals surface area contributed by atoms with Crippen LogP contribution in [0.5, 0.6) is 0 Å². The molecule has 1 aliphatic heterocycles. The summed E-state index contributed by atoms with van der Waals surface area (Å²) in [6.45, 7) is 10.1. The number of aryl methyl sites for hydroxylation is 1. The molecule has 1 aromatic carbocycles. The molecule has 0 radical (unpaired) electrons. The first-order valence-electron chi connectivity index (χ1n) is 11.1. The van der Waals surface area contributed by atoms with Gasteiger partial charge in [0.05, 0.1) is 18.7 Å². The van der Waals surface area contributed by atoms with Gasteiger partial charge in [-0.05, 0) is 38.1 Å². The van der Waals surface area contributed by atoms with Crippen molar-refractivity contribution in [1.29, 1.82) is 0 Å². The van der Waals surface area contributed by atoms with E-state index in [4.69, 9.17) is 4.74 Å². The number of rotatable bonds is 8. The molecule has 2 heterocycles. The van der Waals surface area contributed by atoms with Crippen LogP contribution in [-0.2, 0) is 14.3 Å². The second-order valence-electron chi connectivity index (χ2n) is 8.05. The third-order valence-corrected chi connectivity index (χ3v) is 6.27. The summed E-state index contributed by atoms with van der Waals surface area (Å²) in [5, 5.41) is 11.4. The van der Waals surface area contributed by atoms with E-state index in [0.29, 0.717) is 29.9 Å². The number of ether oxygens (including phenoxy) is 1. The lowest BCUT2D eigenvalue weighted by molar-refractivity contribution is -0.140. The van der Waals surface area contributed by atoms with Gasteiger partial charge in [-0.1, -0.05) is 44.2 Å². The lowest BCUT2D eigenvalue weighted by Crippen LogP contribution is -2.38. The summed E-state index contributed by atoms with van der Waals surface area (Å²) in [5.41, 5.74) is 2.25. The van der Waals surface area contributed by atoms with Gasteiger partial charge in [-0.2, -0.15) is 0 Å². The van der Waals surface area contributed by atoms with E-state index in [1.54, 1.807) is 13.8 Å². The Kier molecular flexibility index (Phi) is 7.38. The van der Waals surface area contributed by atoms with Gasteiger partial charge in [-0.3, -0.25) is 9.59 Å².